The van der Waals surface area contributed by atoms with Crippen molar-refractivity contribution in [2.24, 2.45) is 0 Å². The molecule has 194 valence electrons. The molecule has 0 fully saturated rings. The normalized spacial score (nSPS) is 11.3. The summed E-state index contributed by atoms with van der Waals surface area (Å²) in [7, 11) is 0. The van der Waals surface area contributed by atoms with Crippen LogP contribution in [0.5, 0.6) is 0 Å². The Kier molecular flexibility index (Phi) is 5.66. The quantitative estimate of drug-likeness (QED) is 0.213. The van der Waals surface area contributed by atoms with Crippen molar-refractivity contribution in [2.75, 3.05) is 0 Å². The molecule has 8 rings (SSSR count). The largest absolute Gasteiger partial charge is 0.192 e. The van der Waals surface area contributed by atoms with Gasteiger partial charge in [0.25, 0.3) is 0 Å². The third-order valence-electron chi connectivity index (χ3n) is 8.00. The fourth-order valence-corrected chi connectivity index (χ4v) is 8.56. The highest BCUT2D eigenvalue weighted by atomic mass is 32.1. The van der Waals surface area contributed by atoms with E-state index in [1.807, 2.05) is 24.3 Å². The highest BCUT2D eigenvalue weighted by Gasteiger charge is 2.21. The minimum Gasteiger partial charge on any atom is -0.192 e. The van der Waals surface area contributed by atoms with Crippen molar-refractivity contribution in [3.63, 3.8) is 0 Å². The van der Waals surface area contributed by atoms with Crippen molar-refractivity contribution >= 4 is 63.0 Å². The molecule has 0 aliphatic heterocycles. The van der Waals surface area contributed by atoms with E-state index in [0.29, 0.717) is 11.1 Å². The van der Waals surface area contributed by atoms with Gasteiger partial charge in [0.2, 0.25) is 0 Å². The number of fused-ring (bicyclic) bond motifs is 6. The predicted octanol–water partition coefficient (Wildman–Crippen LogP) is 11.2. The maximum atomic E-state index is 10.7. The summed E-state index contributed by atoms with van der Waals surface area (Å²) < 4.78 is 4.85. The maximum absolute atomic E-state index is 10.7. The van der Waals surface area contributed by atoms with E-state index in [1.54, 1.807) is 22.7 Å². The van der Waals surface area contributed by atoms with E-state index in [4.69, 9.17) is 0 Å². The molecule has 42 heavy (non-hydrogen) atoms. The summed E-state index contributed by atoms with van der Waals surface area (Å²) in [5.74, 6) is 0. The summed E-state index contributed by atoms with van der Waals surface area (Å²) in [6.45, 7) is 0. The highest BCUT2D eigenvalue weighted by Crippen LogP contribution is 2.46. The smallest absolute Gasteiger partial charge is 0.100 e. The highest BCUT2D eigenvalue weighted by molar-refractivity contribution is 7.26. The predicted molar refractivity (Wildman–Crippen MR) is 178 cm³/mol. The van der Waals surface area contributed by atoms with Crippen molar-refractivity contribution in [3.05, 3.63) is 132 Å². The summed E-state index contributed by atoms with van der Waals surface area (Å²) in [5, 5.41) is 25.6. The molecule has 0 atom stereocenters. The van der Waals surface area contributed by atoms with E-state index in [0.717, 1.165) is 38.1 Å². The van der Waals surface area contributed by atoms with Gasteiger partial charge in [-0.15, -0.1) is 22.7 Å². The van der Waals surface area contributed by atoms with E-state index in [9.17, 15) is 10.5 Å². The van der Waals surface area contributed by atoms with E-state index in [-0.39, 0.29) is 0 Å². The Bertz CT molecular complexity index is 2450. The Morgan fingerprint density at radius 2 is 0.929 bits per heavy atom. The van der Waals surface area contributed by atoms with Crippen LogP contribution in [0.15, 0.2) is 121 Å². The lowest BCUT2D eigenvalue weighted by Crippen LogP contribution is -1.95. The molecule has 0 amide bonds. The third kappa shape index (κ3) is 3.67. The zero-order chi connectivity index (χ0) is 28.2. The first kappa shape index (κ1) is 24.5. The average molecular weight is 569 g/mol. The van der Waals surface area contributed by atoms with Gasteiger partial charge in [-0.3, -0.25) is 0 Å². The molecule has 0 bridgehead atoms. The first-order chi connectivity index (χ1) is 20.7. The van der Waals surface area contributed by atoms with Crippen LogP contribution in [0, 0.1) is 22.7 Å². The zero-order valence-electron chi connectivity index (χ0n) is 22.3. The second-order valence-electron chi connectivity index (χ2n) is 10.3. The molecular weight excluding hydrogens is 549 g/mol. The van der Waals surface area contributed by atoms with Crippen LogP contribution in [0.1, 0.15) is 11.1 Å². The first-order valence-corrected chi connectivity index (χ1v) is 15.3. The SMILES string of the molecule is N#Cc1ccccc1-c1cc(-c2cccc3c2sc2ccccc23)cc(-c2cccc3c2sc2ccccc23)c1C#N. The van der Waals surface area contributed by atoms with Crippen molar-refractivity contribution in [2.45, 2.75) is 0 Å². The molecule has 8 aromatic rings. The topological polar surface area (TPSA) is 47.6 Å². The fraction of sp³-hybridized carbons (Fsp3) is 0. The summed E-state index contributed by atoms with van der Waals surface area (Å²) in [5.41, 5.74) is 6.75. The summed E-state index contributed by atoms with van der Waals surface area (Å²) in [6.07, 6.45) is 0. The monoisotopic (exact) mass is 568 g/mol. The van der Waals surface area contributed by atoms with E-state index < -0.39 is 0 Å². The van der Waals surface area contributed by atoms with Crippen LogP contribution in [-0.4, -0.2) is 0 Å². The Balaban J connectivity index is 1.50. The Morgan fingerprint density at radius 1 is 0.429 bits per heavy atom. The molecule has 2 heterocycles. The number of nitriles is 2. The lowest BCUT2D eigenvalue weighted by Gasteiger charge is -2.16. The number of rotatable bonds is 3. The van der Waals surface area contributed by atoms with Crippen LogP contribution in [0.2, 0.25) is 0 Å². The summed E-state index contributed by atoms with van der Waals surface area (Å²) >= 11 is 3.55. The standard InChI is InChI=1S/C38H20N2S2/c39-21-23-9-1-2-10-25(23)32-19-24(26-13-7-14-29-27-11-3-5-17-35(27)41-37(26)29)20-33(34(32)22-40)31-16-8-15-30-28-12-4-6-18-36(28)42-38(30)31/h1-20H. The Morgan fingerprint density at radius 3 is 1.57 bits per heavy atom. The van der Waals surface area contributed by atoms with Crippen molar-refractivity contribution in [3.8, 4) is 45.5 Å². The summed E-state index contributed by atoms with van der Waals surface area (Å²) in [6, 6.07) is 46.6. The summed E-state index contributed by atoms with van der Waals surface area (Å²) in [4.78, 5) is 0. The maximum Gasteiger partial charge on any atom is 0.100 e. The molecule has 0 radical (unpaired) electrons. The van der Waals surface area contributed by atoms with Gasteiger partial charge in [0, 0.05) is 62.6 Å². The van der Waals surface area contributed by atoms with E-state index >= 15 is 0 Å². The molecule has 0 N–H and O–H groups in total. The van der Waals surface area contributed by atoms with Gasteiger partial charge in [-0.05, 0) is 41.5 Å². The van der Waals surface area contributed by atoms with Gasteiger partial charge in [0.15, 0.2) is 0 Å². The lowest BCUT2D eigenvalue weighted by molar-refractivity contribution is 1.45. The molecule has 2 nitrogen and oxygen atoms in total. The van der Waals surface area contributed by atoms with Crippen LogP contribution in [0.25, 0.3) is 73.7 Å². The Labute approximate surface area is 250 Å². The van der Waals surface area contributed by atoms with E-state index in [1.165, 1.54) is 35.6 Å². The number of hydrogen-bond donors (Lipinski definition) is 0. The average Bonchev–Trinajstić information content (AvgIpc) is 3.63. The van der Waals surface area contributed by atoms with Crippen molar-refractivity contribution in [1.29, 1.82) is 10.5 Å². The molecule has 0 unspecified atom stereocenters. The van der Waals surface area contributed by atoms with Crippen LogP contribution in [-0.2, 0) is 0 Å². The second-order valence-corrected chi connectivity index (χ2v) is 12.4. The van der Waals surface area contributed by atoms with Gasteiger partial charge < -0.3 is 0 Å². The van der Waals surface area contributed by atoms with Gasteiger partial charge >= 0.3 is 0 Å². The van der Waals surface area contributed by atoms with E-state index in [2.05, 4.69) is 109 Å². The molecule has 0 aliphatic carbocycles. The van der Waals surface area contributed by atoms with Gasteiger partial charge in [0.1, 0.15) is 6.07 Å². The molecule has 4 heteroatoms. The first-order valence-electron chi connectivity index (χ1n) is 13.6. The Hall–Kier alpha value is -5.26. The van der Waals surface area contributed by atoms with Crippen molar-refractivity contribution in [1.82, 2.24) is 0 Å². The van der Waals surface area contributed by atoms with Crippen LogP contribution in [0.3, 0.4) is 0 Å². The third-order valence-corrected chi connectivity index (χ3v) is 10.4. The number of thiophene rings is 2. The lowest BCUT2D eigenvalue weighted by atomic mass is 9.86. The van der Waals surface area contributed by atoms with Crippen LogP contribution in [0.4, 0.5) is 0 Å². The molecule has 6 aromatic carbocycles. The minimum atomic E-state index is 0.553. The van der Waals surface area contributed by atoms with Gasteiger partial charge in [0.05, 0.1) is 17.2 Å². The molecule has 2 aromatic heterocycles. The van der Waals surface area contributed by atoms with Gasteiger partial charge in [-0.25, -0.2) is 0 Å². The number of benzene rings is 6. The van der Waals surface area contributed by atoms with Gasteiger partial charge in [-0.1, -0.05) is 91.0 Å². The zero-order valence-corrected chi connectivity index (χ0v) is 23.9. The van der Waals surface area contributed by atoms with Crippen LogP contribution < -0.4 is 0 Å². The number of nitrogens with zero attached hydrogens (tertiary/aromatic N) is 2. The molecule has 0 aliphatic rings. The number of hydrogen-bond acceptors (Lipinski definition) is 4. The molecular formula is C38H20N2S2. The minimum absolute atomic E-state index is 0.553. The molecule has 0 saturated heterocycles. The molecule has 0 spiro atoms. The molecule has 0 saturated carbocycles. The fourth-order valence-electron chi connectivity index (χ4n) is 6.09. The van der Waals surface area contributed by atoms with Gasteiger partial charge in [-0.2, -0.15) is 10.5 Å². The van der Waals surface area contributed by atoms with Crippen molar-refractivity contribution < 1.29 is 0 Å². The second kappa shape index (κ2) is 9.68. The van der Waals surface area contributed by atoms with Crippen LogP contribution >= 0.6 is 22.7 Å².